The van der Waals surface area contributed by atoms with Crippen molar-refractivity contribution in [3.63, 3.8) is 0 Å². The molecule has 0 heterocycles. The van der Waals surface area contributed by atoms with Crippen LogP contribution in [0.2, 0.25) is 15.1 Å². The summed E-state index contributed by atoms with van der Waals surface area (Å²) in [4.78, 5) is 29.2. The lowest BCUT2D eigenvalue weighted by molar-refractivity contribution is -0.143. The molecule has 206 valence electrons. The third kappa shape index (κ3) is 7.69. The highest BCUT2D eigenvalue weighted by Crippen LogP contribution is 2.29. The number of halogens is 3. The van der Waals surface area contributed by atoms with Gasteiger partial charge in [0.2, 0.25) is 5.91 Å². The molecule has 0 spiro atoms. The Bertz CT molecular complexity index is 1270. The van der Waals surface area contributed by atoms with Crippen molar-refractivity contribution in [3.05, 3.63) is 98.0 Å². The van der Waals surface area contributed by atoms with E-state index < -0.39 is 6.04 Å². The van der Waals surface area contributed by atoms with Crippen LogP contribution in [0, 0.1) is 13.8 Å². The summed E-state index contributed by atoms with van der Waals surface area (Å²) in [5.41, 5.74) is 3.24. The summed E-state index contributed by atoms with van der Waals surface area (Å²) >= 11 is 19.3. The number of rotatable bonds is 10. The van der Waals surface area contributed by atoms with E-state index in [1.165, 1.54) is 0 Å². The predicted molar refractivity (Wildman–Crippen MR) is 158 cm³/mol. The Morgan fingerprint density at radius 3 is 2.18 bits per heavy atom. The summed E-state index contributed by atoms with van der Waals surface area (Å²) in [5, 5.41) is 4.71. The van der Waals surface area contributed by atoms with Crippen molar-refractivity contribution in [2.45, 2.75) is 64.6 Å². The molecule has 0 radical (unpaired) electrons. The van der Waals surface area contributed by atoms with Crippen LogP contribution in [0.1, 0.15) is 47.9 Å². The van der Waals surface area contributed by atoms with Crippen LogP contribution in [-0.2, 0) is 22.6 Å². The number of carbonyl (C=O) groups excluding carboxylic acids is 2. The lowest BCUT2D eigenvalue weighted by Gasteiger charge is -2.32. The van der Waals surface area contributed by atoms with Gasteiger partial charge in [-0.15, -0.1) is 0 Å². The Balaban J connectivity index is 1.66. The number of hydrogen-bond donors (Lipinski definition) is 1. The maximum Gasteiger partial charge on any atom is 0.261 e. The van der Waals surface area contributed by atoms with Gasteiger partial charge in [0.25, 0.3) is 5.91 Å². The molecule has 5 nitrogen and oxygen atoms in total. The monoisotopic (exact) mass is 586 g/mol. The van der Waals surface area contributed by atoms with Crippen molar-refractivity contribution in [2.75, 3.05) is 6.61 Å². The summed E-state index contributed by atoms with van der Waals surface area (Å²) in [5.74, 6) is -0.00676. The summed E-state index contributed by atoms with van der Waals surface area (Å²) in [6.45, 7) is 3.58. The van der Waals surface area contributed by atoms with Gasteiger partial charge in [0.15, 0.2) is 6.61 Å². The second-order valence-electron chi connectivity index (χ2n) is 10.1. The van der Waals surface area contributed by atoms with E-state index in [1.54, 1.807) is 35.2 Å². The SMILES string of the molecule is Cc1cc(OCC(=O)N(Cc2c(Cl)cccc2Cl)C(Cc2ccccc2)C(=O)NC2CCCC2)cc(C)c1Cl. The fourth-order valence-corrected chi connectivity index (χ4v) is 5.62. The minimum Gasteiger partial charge on any atom is -0.484 e. The maximum absolute atomic E-state index is 13.9. The summed E-state index contributed by atoms with van der Waals surface area (Å²) in [6.07, 6.45) is 4.38. The molecule has 0 aliphatic heterocycles. The minimum atomic E-state index is -0.787. The second-order valence-corrected chi connectivity index (χ2v) is 11.3. The Morgan fingerprint density at radius 2 is 1.56 bits per heavy atom. The van der Waals surface area contributed by atoms with E-state index in [2.05, 4.69) is 5.32 Å². The van der Waals surface area contributed by atoms with E-state index in [4.69, 9.17) is 39.5 Å². The van der Waals surface area contributed by atoms with E-state index in [-0.39, 0.29) is 31.0 Å². The molecule has 1 N–H and O–H groups in total. The van der Waals surface area contributed by atoms with Gasteiger partial charge in [-0.05, 0) is 67.6 Å². The zero-order valence-electron chi connectivity index (χ0n) is 22.2. The molecule has 3 aromatic rings. The number of amides is 2. The number of aryl methyl sites for hydroxylation is 2. The van der Waals surface area contributed by atoms with Crippen LogP contribution in [-0.4, -0.2) is 35.4 Å². The fourth-order valence-electron chi connectivity index (χ4n) is 4.99. The lowest BCUT2D eigenvalue weighted by atomic mass is 10.0. The third-order valence-corrected chi connectivity index (χ3v) is 8.44. The maximum atomic E-state index is 13.9. The highest BCUT2D eigenvalue weighted by atomic mass is 35.5. The van der Waals surface area contributed by atoms with Crippen LogP contribution in [0.25, 0.3) is 0 Å². The van der Waals surface area contributed by atoms with Gasteiger partial charge in [0, 0.05) is 39.6 Å². The molecule has 8 heteroatoms. The molecule has 1 saturated carbocycles. The number of hydrogen-bond acceptors (Lipinski definition) is 3. The van der Waals surface area contributed by atoms with Crippen LogP contribution in [0.4, 0.5) is 0 Å². The Morgan fingerprint density at radius 1 is 0.949 bits per heavy atom. The van der Waals surface area contributed by atoms with Crippen molar-refractivity contribution < 1.29 is 14.3 Å². The van der Waals surface area contributed by atoms with Crippen LogP contribution >= 0.6 is 34.8 Å². The molecule has 3 aromatic carbocycles. The van der Waals surface area contributed by atoms with Gasteiger partial charge >= 0.3 is 0 Å². The number of ether oxygens (including phenoxy) is 1. The van der Waals surface area contributed by atoms with E-state index in [1.807, 2.05) is 44.2 Å². The average molecular weight is 588 g/mol. The molecular formula is C31H33Cl3N2O3. The van der Waals surface area contributed by atoms with Crippen LogP contribution in [0.3, 0.4) is 0 Å². The van der Waals surface area contributed by atoms with Crippen molar-refractivity contribution in [1.29, 1.82) is 0 Å². The van der Waals surface area contributed by atoms with Crippen molar-refractivity contribution in [2.24, 2.45) is 0 Å². The number of benzene rings is 3. The standard InChI is InChI=1S/C31H33Cl3N2O3/c1-20-15-24(16-21(2)30(20)34)39-19-29(37)36(18-25-26(32)13-8-14-27(25)33)28(17-22-9-4-3-5-10-22)31(38)35-23-11-6-7-12-23/h3-5,8-10,13-16,23,28H,6-7,11-12,17-19H2,1-2H3,(H,35,38). The smallest absolute Gasteiger partial charge is 0.261 e. The fraction of sp³-hybridized carbons (Fsp3) is 0.355. The third-order valence-electron chi connectivity index (χ3n) is 7.14. The van der Waals surface area contributed by atoms with E-state index >= 15 is 0 Å². The summed E-state index contributed by atoms with van der Waals surface area (Å²) < 4.78 is 5.93. The highest BCUT2D eigenvalue weighted by molar-refractivity contribution is 6.36. The number of nitrogens with one attached hydrogen (secondary N) is 1. The molecule has 1 fully saturated rings. The van der Waals surface area contributed by atoms with Gasteiger partial charge in [0.05, 0.1) is 0 Å². The normalized spacial score (nSPS) is 14.2. The Labute approximate surface area is 245 Å². The van der Waals surface area contributed by atoms with Crippen LogP contribution in [0.5, 0.6) is 5.75 Å². The Kier molecular flexibility index (Phi) is 10.2. The van der Waals surface area contributed by atoms with E-state index in [9.17, 15) is 9.59 Å². The van der Waals surface area contributed by atoms with Gasteiger partial charge in [-0.1, -0.05) is 84.0 Å². The first-order valence-electron chi connectivity index (χ1n) is 13.2. The van der Waals surface area contributed by atoms with Gasteiger partial charge in [-0.2, -0.15) is 0 Å². The minimum absolute atomic E-state index is 0.0644. The van der Waals surface area contributed by atoms with Crippen LogP contribution < -0.4 is 10.1 Å². The Hall–Kier alpha value is -2.73. The van der Waals surface area contributed by atoms with Gasteiger partial charge in [-0.25, -0.2) is 0 Å². The van der Waals surface area contributed by atoms with Gasteiger partial charge in [0.1, 0.15) is 11.8 Å². The molecular weight excluding hydrogens is 555 g/mol. The molecule has 0 aromatic heterocycles. The average Bonchev–Trinajstić information content (AvgIpc) is 3.43. The summed E-state index contributed by atoms with van der Waals surface area (Å²) in [7, 11) is 0. The zero-order chi connectivity index (χ0) is 27.9. The summed E-state index contributed by atoms with van der Waals surface area (Å²) in [6, 6.07) is 17.8. The van der Waals surface area contributed by atoms with Crippen molar-refractivity contribution in [3.8, 4) is 5.75 Å². The molecule has 4 rings (SSSR count). The molecule has 1 atom stereocenters. The molecule has 0 saturated heterocycles. The lowest BCUT2D eigenvalue weighted by Crippen LogP contribution is -2.53. The quantitative estimate of drug-likeness (QED) is 0.270. The largest absolute Gasteiger partial charge is 0.484 e. The molecule has 39 heavy (non-hydrogen) atoms. The first-order chi connectivity index (χ1) is 18.7. The van der Waals surface area contributed by atoms with Gasteiger partial charge < -0.3 is 15.0 Å². The van der Waals surface area contributed by atoms with Crippen molar-refractivity contribution >= 4 is 46.6 Å². The number of carbonyl (C=O) groups is 2. The molecule has 2 amide bonds. The molecule has 1 unspecified atom stereocenters. The highest BCUT2D eigenvalue weighted by Gasteiger charge is 2.33. The first-order valence-corrected chi connectivity index (χ1v) is 14.3. The predicted octanol–water partition coefficient (Wildman–Crippen LogP) is 7.34. The second kappa shape index (κ2) is 13.6. The zero-order valence-corrected chi connectivity index (χ0v) is 24.5. The van der Waals surface area contributed by atoms with E-state index in [0.717, 1.165) is 42.4 Å². The van der Waals surface area contributed by atoms with Crippen molar-refractivity contribution in [1.82, 2.24) is 10.2 Å². The molecule has 0 bridgehead atoms. The topological polar surface area (TPSA) is 58.6 Å². The van der Waals surface area contributed by atoms with E-state index in [0.29, 0.717) is 32.8 Å². The van der Waals surface area contributed by atoms with Gasteiger partial charge in [-0.3, -0.25) is 9.59 Å². The number of nitrogens with zero attached hydrogens (tertiary/aromatic N) is 1. The first kappa shape index (κ1) is 29.3. The molecule has 1 aliphatic rings. The van der Waals surface area contributed by atoms with Crippen LogP contribution in [0.15, 0.2) is 60.7 Å². The molecule has 1 aliphatic carbocycles.